The van der Waals surface area contributed by atoms with Crippen LogP contribution in [0.15, 0.2) is 6.07 Å². The Kier molecular flexibility index (Phi) is 4.51. The number of anilines is 1. The summed E-state index contributed by atoms with van der Waals surface area (Å²) < 4.78 is 0. The second kappa shape index (κ2) is 5.52. The summed E-state index contributed by atoms with van der Waals surface area (Å²) in [7, 11) is 0. The van der Waals surface area contributed by atoms with Gasteiger partial charge in [0.2, 0.25) is 5.91 Å². The summed E-state index contributed by atoms with van der Waals surface area (Å²) in [6, 6.07) is 1.83. The molecule has 2 N–H and O–H groups in total. The first-order chi connectivity index (χ1) is 8.25. The maximum absolute atomic E-state index is 11.8. The first-order valence-corrected chi connectivity index (χ1v) is 6.77. The Morgan fingerprint density at radius 1 is 1.33 bits per heavy atom. The van der Waals surface area contributed by atoms with Crippen LogP contribution in [0.3, 0.4) is 0 Å². The molecule has 0 aliphatic heterocycles. The summed E-state index contributed by atoms with van der Waals surface area (Å²) in [6.07, 6.45) is 0. The molecule has 5 heteroatoms. The Hall–Kier alpha value is -1.36. The topological polar surface area (TPSA) is 58.2 Å². The SMILES string of the molecule is CCNC(=O)c1sc(NC(=O)C(C)(C)C)cc1C. The zero-order valence-corrected chi connectivity index (χ0v) is 12.3. The van der Waals surface area contributed by atoms with E-state index in [1.54, 1.807) is 0 Å². The third-order valence-corrected chi connectivity index (χ3v) is 3.53. The van der Waals surface area contributed by atoms with Crippen molar-refractivity contribution >= 4 is 28.2 Å². The van der Waals surface area contributed by atoms with E-state index in [-0.39, 0.29) is 11.8 Å². The third kappa shape index (κ3) is 3.57. The van der Waals surface area contributed by atoms with E-state index in [0.717, 1.165) is 5.56 Å². The van der Waals surface area contributed by atoms with E-state index in [1.165, 1.54) is 11.3 Å². The average molecular weight is 268 g/mol. The van der Waals surface area contributed by atoms with E-state index in [2.05, 4.69) is 10.6 Å². The van der Waals surface area contributed by atoms with Crippen molar-refractivity contribution in [2.75, 3.05) is 11.9 Å². The Labute approximate surface area is 112 Å². The van der Waals surface area contributed by atoms with Crippen molar-refractivity contribution < 1.29 is 9.59 Å². The molecular weight excluding hydrogens is 248 g/mol. The average Bonchev–Trinajstić information content (AvgIpc) is 2.58. The number of nitrogens with one attached hydrogen (secondary N) is 2. The van der Waals surface area contributed by atoms with Crippen molar-refractivity contribution in [3.05, 3.63) is 16.5 Å². The molecule has 1 aromatic heterocycles. The second-order valence-corrected chi connectivity index (χ2v) is 6.24. The van der Waals surface area contributed by atoms with Crippen LogP contribution >= 0.6 is 11.3 Å². The summed E-state index contributed by atoms with van der Waals surface area (Å²) in [5.41, 5.74) is 0.444. The van der Waals surface area contributed by atoms with E-state index < -0.39 is 5.41 Å². The predicted molar refractivity (Wildman–Crippen MR) is 75.1 cm³/mol. The molecule has 0 fully saturated rings. The molecule has 0 atom stereocenters. The van der Waals surface area contributed by atoms with Crippen molar-refractivity contribution in [2.24, 2.45) is 5.41 Å². The number of hydrogen-bond donors (Lipinski definition) is 2. The summed E-state index contributed by atoms with van der Waals surface area (Å²) in [4.78, 5) is 24.2. The van der Waals surface area contributed by atoms with Gasteiger partial charge in [-0.05, 0) is 25.5 Å². The normalized spacial score (nSPS) is 11.2. The molecule has 18 heavy (non-hydrogen) atoms. The van der Waals surface area contributed by atoms with Gasteiger partial charge in [-0.1, -0.05) is 20.8 Å². The van der Waals surface area contributed by atoms with Crippen molar-refractivity contribution in [3.63, 3.8) is 0 Å². The lowest BCUT2D eigenvalue weighted by atomic mass is 9.96. The molecule has 100 valence electrons. The maximum Gasteiger partial charge on any atom is 0.261 e. The van der Waals surface area contributed by atoms with E-state index in [4.69, 9.17) is 0 Å². The van der Waals surface area contributed by atoms with Gasteiger partial charge < -0.3 is 10.6 Å². The van der Waals surface area contributed by atoms with Gasteiger partial charge in [0.25, 0.3) is 5.91 Å². The number of rotatable bonds is 3. The van der Waals surface area contributed by atoms with Gasteiger partial charge in [0.05, 0.1) is 9.88 Å². The minimum atomic E-state index is -0.441. The van der Waals surface area contributed by atoms with Crippen LogP contribution in [0.1, 0.15) is 42.9 Å². The Morgan fingerprint density at radius 3 is 2.44 bits per heavy atom. The molecule has 0 aliphatic rings. The summed E-state index contributed by atoms with van der Waals surface area (Å²) in [5, 5.41) is 6.31. The highest BCUT2D eigenvalue weighted by molar-refractivity contribution is 7.18. The van der Waals surface area contributed by atoms with Gasteiger partial charge in [0.1, 0.15) is 0 Å². The fourth-order valence-electron chi connectivity index (χ4n) is 1.31. The smallest absolute Gasteiger partial charge is 0.261 e. The van der Waals surface area contributed by atoms with Crippen LogP contribution in [0, 0.1) is 12.3 Å². The predicted octanol–water partition coefficient (Wildman–Crippen LogP) is 2.79. The number of aryl methyl sites for hydroxylation is 1. The van der Waals surface area contributed by atoms with Gasteiger partial charge in [-0.25, -0.2) is 0 Å². The lowest BCUT2D eigenvalue weighted by Gasteiger charge is -2.16. The summed E-state index contributed by atoms with van der Waals surface area (Å²) >= 11 is 1.31. The van der Waals surface area contributed by atoms with Crippen molar-refractivity contribution in [1.82, 2.24) is 5.32 Å². The Morgan fingerprint density at radius 2 is 1.94 bits per heavy atom. The van der Waals surface area contributed by atoms with Crippen LogP contribution < -0.4 is 10.6 Å². The summed E-state index contributed by atoms with van der Waals surface area (Å²) in [5.74, 6) is -0.137. The lowest BCUT2D eigenvalue weighted by molar-refractivity contribution is -0.123. The molecule has 0 spiro atoms. The fourth-order valence-corrected chi connectivity index (χ4v) is 2.29. The third-order valence-electron chi connectivity index (χ3n) is 2.38. The molecule has 0 unspecified atom stereocenters. The van der Waals surface area contributed by atoms with Crippen molar-refractivity contribution in [2.45, 2.75) is 34.6 Å². The Balaban J connectivity index is 2.85. The lowest BCUT2D eigenvalue weighted by Crippen LogP contribution is -2.27. The molecule has 0 bridgehead atoms. The Bertz CT molecular complexity index is 458. The van der Waals surface area contributed by atoms with Gasteiger partial charge in [-0.15, -0.1) is 11.3 Å². The van der Waals surface area contributed by atoms with Crippen LogP contribution in [0.25, 0.3) is 0 Å². The zero-order chi connectivity index (χ0) is 13.9. The minimum absolute atomic E-state index is 0.0498. The minimum Gasteiger partial charge on any atom is -0.352 e. The number of amides is 2. The molecule has 0 saturated heterocycles. The molecule has 1 rings (SSSR count). The van der Waals surface area contributed by atoms with Crippen LogP contribution in [-0.2, 0) is 4.79 Å². The number of thiophene rings is 1. The van der Waals surface area contributed by atoms with Gasteiger partial charge in [-0.3, -0.25) is 9.59 Å². The van der Waals surface area contributed by atoms with Crippen LogP contribution in [0.4, 0.5) is 5.00 Å². The second-order valence-electron chi connectivity index (χ2n) is 5.19. The quantitative estimate of drug-likeness (QED) is 0.885. The van der Waals surface area contributed by atoms with Crippen molar-refractivity contribution in [3.8, 4) is 0 Å². The zero-order valence-electron chi connectivity index (χ0n) is 11.5. The molecule has 2 amide bonds. The molecular formula is C13H20N2O2S. The number of carbonyl (C=O) groups excluding carboxylic acids is 2. The summed E-state index contributed by atoms with van der Waals surface area (Å²) in [6.45, 7) is 9.91. The standard InChI is InChI=1S/C13H20N2O2S/c1-6-14-11(16)10-8(2)7-9(18-10)15-12(17)13(3,4)5/h7H,6H2,1-5H3,(H,14,16)(H,15,17). The van der Waals surface area contributed by atoms with Crippen LogP contribution in [-0.4, -0.2) is 18.4 Å². The van der Waals surface area contributed by atoms with E-state index >= 15 is 0 Å². The largest absolute Gasteiger partial charge is 0.352 e. The molecule has 1 heterocycles. The van der Waals surface area contributed by atoms with Gasteiger partial charge in [0.15, 0.2) is 0 Å². The van der Waals surface area contributed by atoms with Gasteiger partial charge in [0, 0.05) is 12.0 Å². The first kappa shape index (κ1) is 14.7. The molecule has 0 aromatic carbocycles. The molecule has 4 nitrogen and oxygen atoms in total. The van der Waals surface area contributed by atoms with E-state index in [1.807, 2.05) is 40.7 Å². The molecule has 0 saturated carbocycles. The highest BCUT2D eigenvalue weighted by atomic mass is 32.1. The van der Waals surface area contributed by atoms with E-state index in [9.17, 15) is 9.59 Å². The number of carbonyl (C=O) groups is 2. The first-order valence-electron chi connectivity index (χ1n) is 5.95. The van der Waals surface area contributed by atoms with Crippen LogP contribution in [0.2, 0.25) is 0 Å². The molecule has 1 aromatic rings. The highest BCUT2D eigenvalue weighted by Gasteiger charge is 2.22. The van der Waals surface area contributed by atoms with Gasteiger partial charge >= 0.3 is 0 Å². The number of hydrogen-bond acceptors (Lipinski definition) is 3. The van der Waals surface area contributed by atoms with Gasteiger partial charge in [-0.2, -0.15) is 0 Å². The van der Waals surface area contributed by atoms with Crippen molar-refractivity contribution in [1.29, 1.82) is 0 Å². The highest BCUT2D eigenvalue weighted by Crippen LogP contribution is 2.28. The van der Waals surface area contributed by atoms with Crippen LogP contribution in [0.5, 0.6) is 0 Å². The maximum atomic E-state index is 11.8. The molecule has 0 aliphatic carbocycles. The van der Waals surface area contributed by atoms with E-state index in [0.29, 0.717) is 16.4 Å². The monoisotopic (exact) mass is 268 g/mol. The molecule has 0 radical (unpaired) electrons. The fraction of sp³-hybridized carbons (Fsp3) is 0.538.